The Kier molecular flexibility index (Phi) is 8.80. The monoisotopic (exact) mass is 262 g/mol. The van der Waals surface area contributed by atoms with Gasteiger partial charge >= 0.3 is 0 Å². The van der Waals surface area contributed by atoms with Gasteiger partial charge in [0.25, 0.3) is 5.82 Å². The Hall–Kier alpha value is -1.30. The van der Waals surface area contributed by atoms with Crippen LogP contribution in [0.25, 0.3) is 0 Å². The first kappa shape index (κ1) is 15.8. The van der Waals surface area contributed by atoms with Crippen LogP contribution in [-0.2, 0) is 13.0 Å². The molecule has 3 nitrogen and oxygen atoms in total. The number of nitriles is 1. The summed E-state index contributed by atoms with van der Waals surface area (Å²) in [4.78, 5) is 3.23. The summed E-state index contributed by atoms with van der Waals surface area (Å²) in [5.41, 5.74) is 0. The molecule has 0 amide bonds. The van der Waals surface area contributed by atoms with Gasteiger partial charge in [0.15, 0.2) is 6.54 Å². The molecule has 0 aliphatic heterocycles. The van der Waals surface area contributed by atoms with E-state index in [1.165, 1.54) is 63.6 Å². The summed E-state index contributed by atoms with van der Waals surface area (Å²) in [6.07, 6.45) is 17.1. The van der Waals surface area contributed by atoms with Gasteiger partial charge in [0.1, 0.15) is 18.5 Å². The largest absolute Gasteiger partial charge is 0.255 e. The van der Waals surface area contributed by atoms with Crippen LogP contribution in [0.15, 0.2) is 12.4 Å². The van der Waals surface area contributed by atoms with E-state index in [1.807, 2.05) is 17.0 Å². The van der Waals surface area contributed by atoms with E-state index in [0.29, 0.717) is 6.54 Å². The highest BCUT2D eigenvalue weighted by Gasteiger charge is 2.08. The van der Waals surface area contributed by atoms with Gasteiger partial charge in [-0.15, -0.1) is 0 Å². The molecule has 1 heterocycles. The summed E-state index contributed by atoms with van der Waals surface area (Å²) >= 11 is 0. The molecular formula is C16H28N3+. The van der Waals surface area contributed by atoms with Gasteiger partial charge in [-0.3, -0.25) is 0 Å². The summed E-state index contributed by atoms with van der Waals surface area (Å²) in [5, 5.41) is 8.71. The molecule has 0 fully saturated rings. The normalized spacial score (nSPS) is 10.5. The highest BCUT2D eigenvalue weighted by Crippen LogP contribution is 2.10. The molecule has 0 aliphatic rings. The number of aromatic amines is 1. The maximum atomic E-state index is 8.71. The second kappa shape index (κ2) is 10.6. The maximum Gasteiger partial charge on any atom is 0.255 e. The van der Waals surface area contributed by atoms with Crippen LogP contribution < -0.4 is 4.57 Å². The quantitative estimate of drug-likeness (QED) is 0.477. The predicted molar refractivity (Wildman–Crippen MR) is 77.5 cm³/mol. The van der Waals surface area contributed by atoms with Gasteiger partial charge in [-0.1, -0.05) is 58.3 Å². The Morgan fingerprint density at radius 1 is 1.05 bits per heavy atom. The molecular weight excluding hydrogens is 234 g/mol. The van der Waals surface area contributed by atoms with Crippen molar-refractivity contribution in [1.29, 1.82) is 5.26 Å². The van der Waals surface area contributed by atoms with Crippen LogP contribution in [0.5, 0.6) is 0 Å². The molecule has 0 saturated heterocycles. The van der Waals surface area contributed by atoms with Crippen molar-refractivity contribution in [2.75, 3.05) is 0 Å². The smallest absolute Gasteiger partial charge is 0.248 e. The number of aromatic nitrogens is 2. The fraction of sp³-hybridized carbons (Fsp3) is 0.750. The average molecular weight is 262 g/mol. The number of hydrogen-bond acceptors (Lipinski definition) is 1. The molecule has 0 radical (unpaired) electrons. The number of rotatable bonds is 11. The van der Waals surface area contributed by atoms with Gasteiger partial charge in [-0.25, -0.2) is 9.55 Å². The van der Waals surface area contributed by atoms with Gasteiger partial charge in [-0.2, -0.15) is 5.26 Å². The topological polar surface area (TPSA) is 43.5 Å². The molecule has 0 unspecified atom stereocenters. The molecule has 3 heteroatoms. The van der Waals surface area contributed by atoms with Gasteiger partial charge in [0, 0.05) is 6.42 Å². The van der Waals surface area contributed by atoms with Crippen LogP contribution in [-0.4, -0.2) is 4.98 Å². The van der Waals surface area contributed by atoms with E-state index < -0.39 is 0 Å². The third-order valence-electron chi connectivity index (χ3n) is 3.61. The first-order valence-electron chi connectivity index (χ1n) is 7.81. The molecule has 0 spiro atoms. The third kappa shape index (κ3) is 7.00. The van der Waals surface area contributed by atoms with Crippen molar-refractivity contribution >= 4 is 0 Å². The standard InChI is InChI=1S/C16H27N3/c1-2-3-4-5-6-7-8-9-10-11-16-18-13-15-19(16)14-12-17/h13,15H,2-11,14H2,1H3/p+1. The zero-order valence-corrected chi connectivity index (χ0v) is 12.3. The fourth-order valence-corrected chi connectivity index (χ4v) is 2.44. The zero-order chi connectivity index (χ0) is 13.8. The Morgan fingerprint density at radius 2 is 1.68 bits per heavy atom. The Balaban J connectivity index is 1.99. The average Bonchev–Trinajstić information content (AvgIpc) is 2.85. The molecule has 1 N–H and O–H groups in total. The fourth-order valence-electron chi connectivity index (χ4n) is 2.44. The minimum absolute atomic E-state index is 0.455. The summed E-state index contributed by atoms with van der Waals surface area (Å²) in [5.74, 6) is 1.18. The minimum atomic E-state index is 0.455. The van der Waals surface area contributed by atoms with Gasteiger partial charge in [0.05, 0.1) is 0 Å². The first-order valence-corrected chi connectivity index (χ1v) is 7.81. The third-order valence-corrected chi connectivity index (χ3v) is 3.61. The van der Waals surface area contributed by atoms with Crippen molar-refractivity contribution in [1.82, 2.24) is 4.98 Å². The highest BCUT2D eigenvalue weighted by atomic mass is 15.1. The number of aryl methyl sites for hydroxylation is 1. The Bertz CT molecular complexity index is 362. The van der Waals surface area contributed by atoms with Crippen molar-refractivity contribution in [2.24, 2.45) is 0 Å². The summed E-state index contributed by atoms with van der Waals surface area (Å²) in [6.45, 7) is 2.72. The van der Waals surface area contributed by atoms with Crippen molar-refractivity contribution in [3.05, 3.63) is 18.2 Å². The van der Waals surface area contributed by atoms with Crippen LogP contribution in [0.4, 0.5) is 0 Å². The van der Waals surface area contributed by atoms with E-state index in [9.17, 15) is 0 Å². The van der Waals surface area contributed by atoms with E-state index >= 15 is 0 Å². The second-order valence-electron chi connectivity index (χ2n) is 5.27. The van der Waals surface area contributed by atoms with E-state index in [-0.39, 0.29) is 0 Å². The van der Waals surface area contributed by atoms with Crippen LogP contribution in [0.3, 0.4) is 0 Å². The Labute approximate surface area is 117 Å². The molecule has 0 aromatic carbocycles. The van der Waals surface area contributed by atoms with Gasteiger partial charge in [0.2, 0.25) is 0 Å². The van der Waals surface area contributed by atoms with Crippen LogP contribution in [0, 0.1) is 11.3 Å². The lowest BCUT2D eigenvalue weighted by molar-refractivity contribution is -0.691. The molecule has 1 rings (SSSR count). The van der Waals surface area contributed by atoms with E-state index in [4.69, 9.17) is 5.26 Å². The zero-order valence-electron chi connectivity index (χ0n) is 12.3. The van der Waals surface area contributed by atoms with Crippen molar-refractivity contribution in [3.8, 4) is 6.07 Å². The number of H-pyrrole nitrogens is 1. The number of unbranched alkanes of at least 4 members (excludes halogenated alkanes) is 8. The summed E-state index contributed by atoms with van der Waals surface area (Å²) < 4.78 is 2.00. The molecule has 1 aromatic heterocycles. The lowest BCUT2D eigenvalue weighted by Crippen LogP contribution is -2.35. The minimum Gasteiger partial charge on any atom is -0.248 e. The first-order chi connectivity index (χ1) is 9.38. The molecule has 0 aliphatic carbocycles. The van der Waals surface area contributed by atoms with Gasteiger partial charge in [-0.05, 0) is 6.42 Å². The molecule has 106 valence electrons. The van der Waals surface area contributed by atoms with Crippen LogP contribution in [0.1, 0.15) is 70.5 Å². The summed E-state index contributed by atoms with van der Waals surface area (Å²) in [7, 11) is 0. The number of nitrogens with zero attached hydrogens (tertiary/aromatic N) is 2. The maximum absolute atomic E-state index is 8.71. The van der Waals surface area contributed by atoms with E-state index in [2.05, 4.69) is 18.0 Å². The molecule has 1 aromatic rings. The molecule has 19 heavy (non-hydrogen) atoms. The van der Waals surface area contributed by atoms with E-state index in [1.54, 1.807) is 0 Å². The van der Waals surface area contributed by atoms with Crippen molar-refractivity contribution < 1.29 is 4.57 Å². The summed E-state index contributed by atoms with van der Waals surface area (Å²) in [6, 6.07) is 2.19. The lowest BCUT2D eigenvalue weighted by Gasteiger charge is -2.01. The lowest BCUT2D eigenvalue weighted by atomic mass is 10.1. The van der Waals surface area contributed by atoms with Gasteiger partial charge < -0.3 is 0 Å². The van der Waals surface area contributed by atoms with Crippen molar-refractivity contribution in [2.45, 2.75) is 77.7 Å². The number of imidazole rings is 1. The number of nitrogens with one attached hydrogen (secondary N) is 1. The van der Waals surface area contributed by atoms with E-state index in [0.717, 1.165) is 6.42 Å². The Morgan fingerprint density at radius 3 is 2.32 bits per heavy atom. The SMILES string of the molecule is CCCCCCCCCCCc1[nH]cc[n+]1CC#N. The molecule has 0 atom stereocenters. The molecule has 0 saturated carbocycles. The highest BCUT2D eigenvalue weighted by molar-refractivity contribution is 4.78. The number of hydrogen-bond donors (Lipinski definition) is 1. The van der Waals surface area contributed by atoms with Crippen LogP contribution >= 0.6 is 0 Å². The predicted octanol–water partition coefficient (Wildman–Crippen LogP) is 3.90. The second-order valence-corrected chi connectivity index (χ2v) is 5.27. The molecule has 0 bridgehead atoms. The van der Waals surface area contributed by atoms with Crippen molar-refractivity contribution in [3.63, 3.8) is 0 Å². The van der Waals surface area contributed by atoms with Crippen LogP contribution in [0.2, 0.25) is 0 Å².